The van der Waals surface area contributed by atoms with Gasteiger partial charge in [0.2, 0.25) is 0 Å². The maximum atomic E-state index is 13.3. The quantitative estimate of drug-likeness (QED) is 0.556. The van der Waals surface area contributed by atoms with Crippen molar-refractivity contribution in [3.8, 4) is 0 Å². The molecule has 0 radical (unpaired) electrons. The number of pyridine rings is 1. The molecule has 9 heteroatoms. The predicted octanol–water partition coefficient (Wildman–Crippen LogP) is 0.169. The molecule has 2 aromatic heterocycles. The standard InChI is InChI=1S/C19H21N5O2S2/c1-12-5-4-6-24-15(12)20-16(23-9-7-21(2)8-10-23)13(17(24)25)11-14-18(26)22(3)19(27)28-14/h4-6,11H,7-10H2,1-3H3/p+1/b14-11+. The number of likely N-dealkylation sites (N-methyl/N-ethyl adjacent to an activating group) is 2. The van der Waals surface area contributed by atoms with Crippen molar-refractivity contribution >= 4 is 51.7 Å². The second-order valence-electron chi connectivity index (χ2n) is 7.22. The number of anilines is 1. The molecule has 0 unspecified atom stereocenters. The summed E-state index contributed by atoms with van der Waals surface area (Å²) in [5.74, 6) is 0.464. The number of carbonyl (C=O) groups excluding carboxylic acids is 1. The molecule has 0 atom stereocenters. The molecule has 146 valence electrons. The van der Waals surface area contributed by atoms with E-state index in [9.17, 15) is 9.59 Å². The zero-order chi connectivity index (χ0) is 20.0. The van der Waals surface area contributed by atoms with Crippen molar-refractivity contribution in [1.29, 1.82) is 0 Å². The Morgan fingerprint density at radius 3 is 2.64 bits per heavy atom. The van der Waals surface area contributed by atoms with Gasteiger partial charge in [-0.05, 0) is 24.6 Å². The van der Waals surface area contributed by atoms with Gasteiger partial charge < -0.3 is 9.80 Å². The van der Waals surface area contributed by atoms with Gasteiger partial charge in [0.1, 0.15) is 15.8 Å². The number of thioether (sulfide) groups is 1. The minimum Gasteiger partial charge on any atom is -0.345 e. The summed E-state index contributed by atoms with van der Waals surface area (Å²) in [4.78, 5) is 36.2. The Balaban J connectivity index is 1.92. The molecule has 0 aromatic carbocycles. The van der Waals surface area contributed by atoms with E-state index in [0.29, 0.717) is 26.3 Å². The largest absolute Gasteiger partial charge is 0.345 e. The van der Waals surface area contributed by atoms with Crippen LogP contribution >= 0.6 is 24.0 Å². The summed E-state index contributed by atoms with van der Waals surface area (Å²) < 4.78 is 2.05. The lowest BCUT2D eigenvalue weighted by atomic mass is 10.2. The van der Waals surface area contributed by atoms with Crippen LogP contribution in [-0.2, 0) is 4.79 Å². The van der Waals surface area contributed by atoms with Crippen LogP contribution in [0.15, 0.2) is 28.0 Å². The van der Waals surface area contributed by atoms with Crippen molar-refractivity contribution in [3.63, 3.8) is 0 Å². The summed E-state index contributed by atoms with van der Waals surface area (Å²) in [5, 5.41) is 0. The Labute approximate surface area is 172 Å². The van der Waals surface area contributed by atoms with Crippen molar-refractivity contribution in [2.45, 2.75) is 6.92 Å². The summed E-state index contributed by atoms with van der Waals surface area (Å²) in [6, 6.07) is 3.78. The average molecular weight is 417 g/mol. The van der Waals surface area contributed by atoms with Crippen LogP contribution in [0.4, 0.5) is 5.82 Å². The van der Waals surface area contributed by atoms with Crippen LogP contribution in [0.25, 0.3) is 11.7 Å². The predicted molar refractivity (Wildman–Crippen MR) is 116 cm³/mol. The van der Waals surface area contributed by atoms with E-state index in [1.807, 2.05) is 19.1 Å². The lowest BCUT2D eigenvalue weighted by molar-refractivity contribution is -0.880. The van der Waals surface area contributed by atoms with Gasteiger partial charge in [-0.15, -0.1) is 0 Å². The minimum absolute atomic E-state index is 0.170. The Bertz CT molecular complexity index is 1070. The number of nitrogens with zero attached hydrogens (tertiary/aromatic N) is 4. The van der Waals surface area contributed by atoms with Crippen LogP contribution in [0.5, 0.6) is 0 Å². The van der Waals surface area contributed by atoms with Crippen LogP contribution < -0.4 is 15.4 Å². The number of carbonyl (C=O) groups is 1. The van der Waals surface area contributed by atoms with Gasteiger partial charge in [0, 0.05) is 13.2 Å². The van der Waals surface area contributed by atoms with Gasteiger partial charge in [-0.25, -0.2) is 4.98 Å². The van der Waals surface area contributed by atoms with Gasteiger partial charge in [-0.2, -0.15) is 0 Å². The molecule has 0 saturated carbocycles. The lowest BCUT2D eigenvalue weighted by Gasteiger charge is -2.31. The van der Waals surface area contributed by atoms with Crippen LogP contribution in [0, 0.1) is 6.92 Å². The third-order valence-electron chi connectivity index (χ3n) is 5.24. The molecule has 7 nitrogen and oxygen atoms in total. The molecule has 1 N–H and O–H groups in total. The number of fused-ring (bicyclic) bond motifs is 1. The Morgan fingerprint density at radius 1 is 1.29 bits per heavy atom. The van der Waals surface area contributed by atoms with Gasteiger partial charge >= 0.3 is 0 Å². The van der Waals surface area contributed by atoms with E-state index in [1.54, 1.807) is 23.7 Å². The van der Waals surface area contributed by atoms with E-state index in [4.69, 9.17) is 17.2 Å². The van der Waals surface area contributed by atoms with Crippen LogP contribution in [0.2, 0.25) is 0 Å². The maximum Gasteiger partial charge on any atom is 0.267 e. The second kappa shape index (κ2) is 7.31. The third-order valence-corrected chi connectivity index (χ3v) is 6.73. The molecule has 0 spiro atoms. The number of piperazine rings is 1. The first-order valence-corrected chi connectivity index (χ1v) is 10.4. The number of aromatic nitrogens is 2. The molecule has 2 saturated heterocycles. The van der Waals surface area contributed by atoms with Crippen molar-refractivity contribution in [2.75, 3.05) is 45.2 Å². The number of aryl methyl sites for hydroxylation is 1. The molecule has 0 aliphatic carbocycles. The van der Waals surface area contributed by atoms with Crippen molar-refractivity contribution in [1.82, 2.24) is 14.3 Å². The highest BCUT2D eigenvalue weighted by molar-refractivity contribution is 8.26. The smallest absolute Gasteiger partial charge is 0.267 e. The van der Waals surface area contributed by atoms with Gasteiger partial charge in [0.25, 0.3) is 11.5 Å². The fourth-order valence-corrected chi connectivity index (χ4v) is 4.61. The van der Waals surface area contributed by atoms with Crippen LogP contribution in [0.3, 0.4) is 0 Å². The maximum absolute atomic E-state index is 13.3. The van der Waals surface area contributed by atoms with E-state index in [-0.39, 0.29) is 11.5 Å². The van der Waals surface area contributed by atoms with Gasteiger partial charge in [0.05, 0.1) is 43.7 Å². The molecular weight excluding hydrogens is 394 g/mol. The summed E-state index contributed by atoms with van der Waals surface area (Å²) in [6.45, 7) is 5.53. The van der Waals surface area contributed by atoms with E-state index in [1.165, 1.54) is 21.6 Å². The summed E-state index contributed by atoms with van der Waals surface area (Å²) in [5.41, 5.74) is 1.86. The Kier molecular flexibility index (Phi) is 4.98. The molecule has 4 rings (SSSR count). The first kappa shape index (κ1) is 19.1. The molecule has 1 amide bonds. The number of rotatable bonds is 2. The zero-order valence-electron chi connectivity index (χ0n) is 16.1. The van der Waals surface area contributed by atoms with Crippen molar-refractivity contribution < 1.29 is 9.69 Å². The Morgan fingerprint density at radius 2 is 2.00 bits per heavy atom. The molecule has 28 heavy (non-hydrogen) atoms. The minimum atomic E-state index is -0.183. The fraction of sp³-hybridized carbons (Fsp3) is 0.368. The van der Waals surface area contributed by atoms with Crippen LogP contribution in [0.1, 0.15) is 11.1 Å². The van der Waals surface area contributed by atoms with E-state index < -0.39 is 0 Å². The number of nitrogens with one attached hydrogen (secondary N) is 1. The fourth-order valence-electron chi connectivity index (χ4n) is 3.44. The lowest BCUT2D eigenvalue weighted by Crippen LogP contribution is -3.12. The van der Waals surface area contributed by atoms with Gasteiger partial charge in [0.15, 0.2) is 0 Å². The number of hydrogen-bond donors (Lipinski definition) is 1. The number of quaternary nitrogens is 1. The topological polar surface area (TPSA) is 62.4 Å². The molecule has 2 aliphatic rings. The second-order valence-corrected chi connectivity index (χ2v) is 8.90. The van der Waals surface area contributed by atoms with E-state index in [2.05, 4.69) is 11.9 Å². The monoisotopic (exact) mass is 416 g/mol. The molecule has 2 fully saturated rings. The van der Waals surface area contributed by atoms with Gasteiger partial charge in [-0.3, -0.25) is 18.9 Å². The molecule has 0 bridgehead atoms. The Hall–Kier alpha value is -2.23. The zero-order valence-corrected chi connectivity index (χ0v) is 17.7. The highest BCUT2D eigenvalue weighted by atomic mass is 32.2. The number of thiocarbonyl (C=S) groups is 1. The molecular formula is C19H22N5O2S2+. The van der Waals surface area contributed by atoms with E-state index >= 15 is 0 Å². The normalized spacial score (nSPS) is 20.0. The molecule has 2 aliphatic heterocycles. The SMILES string of the molecule is Cc1cccn2c(=O)c(/C=C3/SC(=S)N(C)C3=O)c(N3CC[NH+](C)CC3)nc12. The average Bonchev–Trinajstić information content (AvgIpc) is 2.92. The van der Waals surface area contributed by atoms with Gasteiger partial charge in [-0.1, -0.05) is 30.0 Å². The summed E-state index contributed by atoms with van der Waals surface area (Å²) >= 11 is 6.45. The first-order chi connectivity index (χ1) is 13.4. The highest BCUT2D eigenvalue weighted by Crippen LogP contribution is 2.32. The third kappa shape index (κ3) is 3.23. The summed E-state index contributed by atoms with van der Waals surface area (Å²) in [6.07, 6.45) is 3.38. The first-order valence-electron chi connectivity index (χ1n) is 9.16. The van der Waals surface area contributed by atoms with E-state index in [0.717, 1.165) is 31.7 Å². The molecule has 4 heterocycles. The number of amides is 1. The number of hydrogen-bond acceptors (Lipinski definition) is 6. The highest BCUT2D eigenvalue weighted by Gasteiger charge is 2.30. The van der Waals surface area contributed by atoms with Crippen LogP contribution in [-0.4, -0.2) is 64.8 Å². The summed E-state index contributed by atoms with van der Waals surface area (Å²) in [7, 11) is 3.81. The van der Waals surface area contributed by atoms with Crippen molar-refractivity contribution in [2.24, 2.45) is 0 Å². The van der Waals surface area contributed by atoms with Crippen molar-refractivity contribution in [3.05, 3.63) is 44.7 Å². The molecule has 2 aromatic rings.